The van der Waals surface area contributed by atoms with Crippen LogP contribution >= 0.6 is 0 Å². The first-order valence-corrected chi connectivity index (χ1v) is 7.29. The Labute approximate surface area is 119 Å². The molecule has 4 N–H and O–H groups in total. The van der Waals surface area contributed by atoms with E-state index in [1.165, 1.54) is 24.9 Å². The Morgan fingerprint density at radius 1 is 1.40 bits per heavy atom. The minimum absolute atomic E-state index is 0.0755. The van der Waals surface area contributed by atoms with Gasteiger partial charge in [0.05, 0.1) is 11.4 Å². The molecule has 0 radical (unpaired) electrons. The number of hydrogen-bond donors (Lipinski definition) is 3. The van der Waals surface area contributed by atoms with Crippen molar-refractivity contribution in [3.05, 3.63) is 17.7 Å². The maximum absolute atomic E-state index is 11.4. The molecular weight excluding hydrogens is 252 g/mol. The molecule has 0 aromatic heterocycles. The van der Waals surface area contributed by atoms with Crippen molar-refractivity contribution >= 4 is 23.0 Å². The Balaban J connectivity index is 1.78. The minimum atomic E-state index is 0.0755. The SMILES string of the molecule is CN1CCCC(Nc2cc3c(cc2N)NC(=O)CC3)C1. The van der Waals surface area contributed by atoms with Crippen LogP contribution < -0.4 is 16.4 Å². The number of nitrogens with two attached hydrogens (primary N) is 1. The van der Waals surface area contributed by atoms with Gasteiger partial charge in [0.1, 0.15) is 0 Å². The van der Waals surface area contributed by atoms with Crippen molar-refractivity contribution in [2.45, 2.75) is 31.7 Å². The number of rotatable bonds is 2. The van der Waals surface area contributed by atoms with Gasteiger partial charge in [-0.2, -0.15) is 0 Å². The predicted octanol–water partition coefficient (Wildman–Crippen LogP) is 1.66. The topological polar surface area (TPSA) is 70.4 Å². The van der Waals surface area contributed by atoms with Crippen LogP contribution in [-0.4, -0.2) is 37.0 Å². The van der Waals surface area contributed by atoms with Gasteiger partial charge in [0, 0.05) is 24.7 Å². The second-order valence-electron chi connectivity index (χ2n) is 5.89. The lowest BCUT2D eigenvalue weighted by molar-refractivity contribution is -0.116. The summed E-state index contributed by atoms with van der Waals surface area (Å²) < 4.78 is 0. The summed E-state index contributed by atoms with van der Waals surface area (Å²) in [5.74, 6) is 0.0755. The summed E-state index contributed by atoms with van der Waals surface area (Å²) in [5, 5.41) is 6.45. The van der Waals surface area contributed by atoms with Gasteiger partial charge in [-0.3, -0.25) is 4.79 Å². The lowest BCUT2D eigenvalue weighted by Gasteiger charge is -2.31. The normalized spacial score (nSPS) is 23.1. The molecule has 1 aromatic rings. The summed E-state index contributed by atoms with van der Waals surface area (Å²) in [6.45, 7) is 2.22. The summed E-state index contributed by atoms with van der Waals surface area (Å²) in [6.07, 6.45) is 3.75. The van der Waals surface area contributed by atoms with Crippen LogP contribution in [0, 0.1) is 0 Å². The zero-order valence-electron chi connectivity index (χ0n) is 11.9. The minimum Gasteiger partial charge on any atom is -0.397 e. The third-order valence-corrected chi connectivity index (χ3v) is 4.15. The Morgan fingerprint density at radius 3 is 3.05 bits per heavy atom. The molecule has 1 fully saturated rings. The number of nitrogen functional groups attached to an aromatic ring is 1. The van der Waals surface area contributed by atoms with Crippen LogP contribution in [0.3, 0.4) is 0 Å². The fraction of sp³-hybridized carbons (Fsp3) is 0.533. The standard InChI is InChI=1S/C15H22N4O/c1-19-6-2-3-11(9-19)17-14-7-10-4-5-15(20)18-13(10)8-12(14)16/h7-8,11,17H,2-6,9,16H2,1H3,(H,18,20). The predicted molar refractivity (Wildman–Crippen MR) is 81.9 cm³/mol. The lowest BCUT2D eigenvalue weighted by atomic mass is 10.00. The second-order valence-corrected chi connectivity index (χ2v) is 5.89. The molecule has 1 atom stereocenters. The van der Waals surface area contributed by atoms with Crippen LogP contribution in [0.4, 0.5) is 17.1 Å². The van der Waals surface area contributed by atoms with Crippen LogP contribution in [0.2, 0.25) is 0 Å². The number of carbonyl (C=O) groups is 1. The number of likely N-dealkylation sites (N-methyl/N-ethyl adjacent to an activating group) is 1. The number of aryl methyl sites for hydroxylation is 1. The Morgan fingerprint density at radius 2 is 2.25 bits per heavy atom. The van der Waals surface area contributed by atoms with Crippen LogP contribution in [0.15, 0.2) is 12.1 Å². The highest BCUT2D eigenvalue weighted by molar-refractivity contribution is 5.95. The van der Waals surface area contributed by atoms with E-state index in [2.05, 4.69) is 28.6 Å². The first-order chi connectivity index (χ1) is 9.61. The molecule has 1 saturated heterocycles. The van der Waals surface area contributed by atoms with Crippen molar-refractivity contribution < 1.29 is 4.79 Å². The van der Waals surface area contributed by atoms with Crippen LogP contribution in [-0.2, 0) is 11.2 Å². The number of nitrogens with zero attached hydrogens (tertiary/aromatic N) is 1. The number of benzene rings is 1. The zero-order valence-corrected chi connectivity index (χ0v) is 11.9. The van der Waals surface area contributed by atoms with Gasteiger partial charge in [0.2, 0.25) is 5.91 Å². The highest BCUT2D eigenvalue weighted by Gasteiger charge is 2.20. The molecule has 1 aromatic carbocycles. The van der Waals surface area contributed by atoms with Gasteiger partial charge in [0.25, 0.3) is 0 Å². The number of hydrogen-bond acceptors (Lipinski definition) is 4. The summed E-state index contributed by atoms with van der Waals surface area (Å²) >= 11 is 0. The number of carbonyl (C=O) groups excluding carboxylic acids is 1. The van der Waals surface area contributed by atoms with Crippen molar-refractivity contribution in [1.29, 1.82) is 0 Å². The zero-order chi connectivity index (χ0) is 14.1. The molecule has 2 aliphatic rings. The highest BCUT2D eigenvalue weighted by atomic mass is 16.1. The number of amides is 1. The van der Waals surface area contributed by atoms with Crippen LogP contribution in [0.5, 0.6) is 0 Å². The van der Waals surface area contributed by atoms with Gasteiger partial charge in [-0.15, -0.1) is 0 Å². The molecule has 5 nitrogen and oxygen atoms in total. The quantitative estimate of drug-likeness (QED) is 0.717. The van der Waals surface area contributed by atoms with Crippen molar-refractivity contribution in [3.63, 3.8) is 0 Å². The molecule has 0 aliphatic carbocycles. The van der Waals surface area contributed by atoms with E-state index in [1.807, 2.05) is 6.07 Å². The van der Waals surface area contributed by atoms with E-state index in [0.717, 1.165) is 24.3 Å². The van der Waals surface area contributed by atoms with E-state index < -0.39 is 0 Å². The molecule has 108 valence electrons. The molecular formula is C15H22N4O. The van der Waals surface area contributed by atoms with Crippen LogP contribution in [0.1, 0.15) is 24.8 Å². The van der Waals surface area contributed by atoms with E-state index in [-0.39, 0.29) is 5.91 Å². The molecule has 0 spiro atoms. The van der Waals surface area contributed by atoms with Crippen molar-refractivity contribution in [2.75, 3.05) is 36.5 Å². The van der Waals surface area contributed by atoms with Crippen molar-refractivity contribution in [3.8, 4) is 0 Å². The molecule has 2 heterocycles. The highest BCUT2D eigenvalue weighted by Crippen LogP contribution is 2.31. The summed E-state index contributed by atoms with van der Waals surface area (Å²) in [4.78, 5) is 13.7. The molecule has 1 unspecified atom stereocenters. The fourth-order valence-corrected chi connectivity index (χ4v) is 3.07. The molecule has 0 saturated carbocycles. The lowest BCUT2D eigenvalue weighted by Crippen LogP contribution is -2.39. The third-order valence-electron chi connectivity index (χ3n) is 4.15. The smallest absolute Gasteiger partial charge is 0.224 e. The Kier molecular flexibility index (Phi) is 3.53. The van der Waals surface area contributed by atoms with Gasteiger partial charge >= 0.3 is 0 Å². The first-order valence-electron chi connectivity index (χ1n) is 7.29. The number of nitrogens with one attached hydrogen (secondary N) is 2. The average molecular weight is 274 g/mol. The van der Waals surface area contributed by atoms with E-state index in [9.17, 15) is 4.79 Å². The van der Waals surface area contributed by atoms with E-state index in [1.54, 1.807) is 0 Å². The van der Waals surface area contributed by atoms with Crippen molar-refractivity contribution in [1.82, 2.24) is 4.90 Å². The molecule has 5 heteroatoms. The van der Waals surface area contributed by atoms with Gasteiger partial charge in [0.15, 0.2) is 0 Å². The third kappa shape index (κ3) is 2.72. The van der Waals surface area contributed by atoms with Gasteiger partial charge in [-0.05, 0) is 50.6 Å². The fourth-order valence-electron chi connectivity index (χ4n) is 3.07. The Bertz CT molecular complexity index is 529. The molecule has 3 rings (SSSR count). The molecule has 1 amide bonds. The summed E-state index contributed by atoms with van der Waals surface area (Å²) in [5.41, 5.74) is 9.86. The monoisotopic (exact) mass is 274 g/mol. The second kappa shape index (κ2) is 5.32. The number of anilines is 3. The molecule has 2 aliphatic heterocycles. The Hall–Kier alpha value is -1.75. The van der Waals surface area contributed by atoms with Gasteiger partial charge < -0.3 is 21.3 Å². The van der Waals surface area contributed by atoms with E-state index in [0.29, 0.717) is 18.2 Å². The molecule has 20 heavy (non-hydrogen) atoms. The van der Waals surface area contributed by atoms with E-state index >= 15 is 0 Å². The maximum Gasteiger partial charge on any atom is 0.224 e. The number of likely N-dealkylation sites (tertiary alicyclic amines) is 1. The van der Waals surface area contributed by atoms with Gasteiger partial charge in [-0.25, -0.2) is 0 Å². The van der Waals surface area contributed by atoms with Crippen molar-refractivity contribution in [2.24, 2.45) is 0 Å². The largest absolute Gasteiger partial charge is 0.397 e. The van der Waals surface area contributed by atoms with Gasteiger partial charge in [-0.1, -0.05) is 0 Å². The average Bonchev–Trinajstić information content (AvgIpc) is 2.40. The molecule has 0 bridgehead atoms. The number of fused-ring (bicyclic) bond motifs is 1. The maximum atomic E-state index is 11.4. The number of piperidine rings is 1. The summed E-state index contributed by atoms with van der Waals surface area (Å²) in [6, 6.07) is 4.42. The summed E-state index contributed by atoms with van der Waals surface area (Å²) in [7, 11) is 2.15. The van der Waals surface area contributed by atoms with E-state index in [4.69, 9.17) is 5.73 Å². The first kappa shape index (κ1) is 13.2. The van der Waals surface area contributed by atoms with Crippen LogP contribution in [0.25, 0.3) is 0 Å².